The lowest BCUT2D eigenvalue weighted by molar-refractivity contribution is 0.550. The molecule has 2 aromatic rings. The Morgan fingerprint density at radius 3 is 2.00 bits per heavy atom. The van der Waals surface area contributed by atoms with Crippen LogP contribution in [0.15, 0.2) is 16.8 Å². The molecule has 0 saturated heterocycles. The zero-order chi connectivity index (χ0) is 14.8. The molecule has 0 atom stereocenters. The monoisotopic (exact) mass is 322 g/mol. The molecule has 0 aliphatic rings. The average Bonchev–Trinajstić information content (AvgIpc) is 3.06. The third-order valence-corrected chi connectivity index (χ3v) is 6.31. The highest BCUT2D eigenvalue weighted by Gasteiger charge is 2.02. The van der Waals surface area contributed by atoms with Crippen LogP contribution in [0.2, 0.25) is 0 Å². The van der Waals surface area contributed by atoms with Gasteiger partial charge in [0.05, 0.1) is 0 Å². The van der Waals surface area contributed by atoms with Gasteiger partial charge in [-0.15, -0.1) is 11.3 Å². The topological polar surface area (TPSA) is 0 Å². The Morgan fingerprint density at radius 2 is 1.38 bits per heavy atom. The summed E-state index contributed by atoms with van der Waals surface area (Å²) in [6.45, 7) is 2.29. The van der Waals surface area contributed by atoms with Crippen LogP contribution >= 0.6 is 22.7 Å². The number of hydrogen-bond acceptors (Lipinski definition) is 2. The Kier molecular flexibility index (Phi) is 8.43. The van der Waals surface area contributed by atoms with E-state index in [4.69, 9.17) is 0 Å². The summed E-state index contributed by atoms with van der Waals surface area (Å²) >= 11 is 3.82. The lowest BCUT2D eigenvalue weighted by Crippen LogP contribution is -1.84. The van der Waals surface area contributed by atoms with Crippen LogP contribution in [0.5, 0.6) is 0 Å². The third-order valence-electron chi connectivity index (χ3n) is 4.24. The van der Waals surface area contributed by atoms with E-state index in [2.05, 4.69) is 23.8 Å². The van der Waals surface area contributed by atoms with Gasteiger partial charge in [0.25, 0.3) is 0 Å². The van der Waals surface area contributed by atoms with Crippen LogP contribution in [-0.2, 0) is 6.42 Å². The molecule has 0 fully saturated rings. The summed E-state index contributed by atoms with van der Waals surface area (Å²) < 4.78 is 1.48. The van der Waals surface area contributed by atoms with Crippen molar-refractivity contribution in [3.8, 4) is 0 Å². The van der Waals surface area contributed by atoms with E-state index in [0.29, 0.717) is 0 Å². The predicted octanol–water partition coefficient (Wildman–Crippen LogP) is 7.82. The van der Waals surface area contributed by atoms with E-state index in [9.17, 15) is 0 Å². The van der Waals surface area contributed by atoms with Gasteiger partial charge in [0.1, 0.15) is 0 Å². The van der Waals surface area contributed by atoms with Crippen molar-refractivity contribution in [2.75, 3.05) is 0 Å². The molecular formula is C19H30S2. The molecule has 0 aromatic carbocycles. The van der Waals surface area contributed by atoms with Crippen molar-refractivity contribution in [2.24, 2.45) is 0 Å². The number of aryl methyl sites for hydroxylation is 1. The van der Waals surface area contributed by atoms with Crippen LogP contribution in [0.4, 0.5) is 0 Å². The molecule has 0 saturated carbocycles. The molecule has 0 radical (unpaired) electrons. The van der Waals surface area contributed by atoms with E-state index in [1.54, 1.807) is 4.88 Å². The van der Waals surface area contributed by atoms with Crippen molar-refractivity contribution < 1.29 is 0 Å². The largest absolute Gasteiger partial charge is 0.150 e. The molecule has 0 aliphatic heterocycles. The van der Waals surface area contributed by atoms with E-state index < -0.39 is 0 Å². The fourth-order valence-electron chi connectivity index (χ4n) is 2.91. The fraction of sp³-hybridized carbons (Fsp3) is 0.684. The van der Waals surface area contributed by atoms with Gasteiger partial charge in [0.2, 0.25) is 0 Å². The minimum Gasteiger partial charge on any atom is -0.150 e. The van der Waals surface area contributed by atoms with E-state index in [1.807, 2.05) is 22.7 Å². The second-order valence-corrected chi connectivity index (χ2v) is 8.10. The van der Waals surface area contributed by atoms with Crippen molar-refractivity contribution >= 4 is 32.8 Å². The highest BCUT2D eigenvalue weighted by molar-refractivity contribution is 7.22. The van der Waals surface area contributed by atoms with Crippen molar-refractivity contribution in [1.29, 1.82) is 0 Å². The second kappa shape index (κ2) is 10.4. The molecule has 2 aromatic heterocycles. The summed E-state index contributed by atoms with van der Waals surface area (Å²) in [6.07, 6.45) is 17.1. The zero-order valence-corrected chi connectivity index (χ0v) is 15.2. The van der Waals surface area contributed by atoms with Gasteiger partial charge in [-0.1, -0.05) is 71.1 Å². The first-order chi connectivity index (χ1) is 10.4. The maximum Gasteiger partial charge on any atom is 0.0452 e. The fourth-order valence-corrected chi connectivity index (χ4v) is 4.97. The van der Waals surface area contributed by atoms with Crippen LogP contribution in [0.3, 0.4) is 0 Å². The molecule has 2 heterocycles. The summed E-state index contributed by atoms with van der Waals surface area (Å²) in [7, 11) is 0. The van der Waals surface area contributed by atoms with Gasteiger partial charge in [-0.05, 0) is 24.3 Å². The first kappa shape index (κ1) is 17.0. The van der Waals surface area contributed by atoms with Crippen LogP contribution in [0.1, 0.15) is 82.4 Å². The van der Waals surface area contributed by atoms with E-state index in [-0.39, 0.29) is 0 Å². The molecule has 0 bridgehead atoms. The van der Waals surface area contributed by atoms with Crippen molar-refractivity contribution in [3.63, 3.8) is 0 Å². The summed E-state index contributed by atoms with van der Waals surface area (Å²) in [5.41, 5.74) is 0. The minimum absolute atomic E-state index is 1.29. The number of thiophene rings is 2. The van der Waals surface area contributed by atoms with Crippen LogP contribution < -0.4 is 0 Å². The lowest BCUT2D eigenvalue weighted by atomic mass is 10.1. The predicted molar refractivity (Wildman–Crippen MR) is 99.9 cm³/mol. The second-order valence-electron chi connectivity index (χ2n) is 6.19. The summed E-state index contributed by atoms with van der Waals surface area (Å²) in [6, 6.07) is 2.40. The normalized spacial score (nSPS) is 11.5. The number of unbranched alkanes of at least 4 members (excludes halogenated alkanes) is 10. The van der Waals surface area contributed by atoms with Gasteiger partial charge in [0.15, 0.2) is 0 Å². The van der Waals surface area contributed by atoms with Crippen LogP contribution in [-0.4, -0.2) is 0 Å². The molecule has 0 amide bonds. The first-order valence-corrected chi connectivity index (χ1v) is 10.6. The molecule has 0 nitrogen and oxygen atoms in total. The molecule has 0 N–H and O–H groups in total. The molecule has 2 rings (SSSR count). The molecular weight excluding hydrogens is 292 g/mol. The van der Waals surface area contributed by atoms with Crippen molar-refractivity contribution in [3.05, 3.63) is 21.7 Å². The standard InChI is InChI=1S/C19H30S2/c1-2-3-4-5-6-7-8-9-10-11-12-13-18-14-17-15-20-16-19(17)21-18/h14-16H,2-13H2,1H3. The minimum atomic E-state index is 1.29. The summed E-state index contributed by atoms with van der Waals surface area (Å²) in [5, 5.41) is 6.02. The van der Waals surface area contributed by atoms with Gasteiger partial charge in [-0.2, -0.15) is 11.3 Å². The maximum absolute atomic E-state index is 2.40. The smallest absolute Gasteiger partial charge is 0.0452 e. The van der Waals surface area contributed by atoms with Crippen molar-refractivity contribution in [1.82, 2.24) is 0 Å². The maximum atomic E-state index is 2.40. The Labute approximate surface area is 138 Å². The van der Waals surface area contributed by atoms with E-state index >= 15 is 0 Å². The van der Waals surface area contributed by atoms with Crippen molar-refractivity contribution in [2.45, 2.75) is 84.0 Å². The van der Waals surface area contributed by atoms with Gasteiger partial charge in [0, 0.05) is 20.3 Å². The van der Waals surface area contributed by atoms with Gasteiger partial charge >= 0.3 is 0 Å². The zero-order valence-electron chi connectivity index (χ0n) is 13.5. The quantitative estimate of drug-likeness (QED) is 0.349. The molecule has 118 valence electrons. The van der Waals surface area contributed by atoms with Crippen LogP contribution in [0.25, 0.3) is 10.1 Å². The SMILES string of the molecule is CCCCCCCCCCCCCc1cc2cscc2s1. The molecule has 0 spiro atoms. The molecule has 2 heteroatoms. The highest BCUT2D eigenvalue weighted by atomic mass is 32.1. The number of rotatable bonds is 12. The average molecular weight is 323 g/mol. The summed E-state index contributed by atoms with van der Waals surface area (Å²) in [4.78, 5) is 1.59. The lowest BCUT2D eigenvalue weighted by Gasteiger charge is -2.02. The highest BCUT2D eigenvalue weighted by Crippen LogP contribution is 2.29. The first-order valence-electron chi connectivity index (χ1n) is 8.85. The number of hydrogen-bond donors (Lipinski definition) is 0. The van der Waals surface area contributed by atoms with E-state index in [0.717, 1.165) is 0 Å². The van der Waals surface area contributed by atoms with Gasteiger partial charge in [-0.3, -0.25) is 0 Å². The molecule has 21 heavy (non-hydrogen) atoms. The van der Waals surface area contributed by atoms with Gasteiger partial charge < -0.3 is 0 Å². The molecule has 0 unspecified atom stereocenters. The summed E-state index contributed by atoms with van der Waals surface area (Å²) in [5.74, 6) is 0. The molecule has 0 aliphatic carbocycles. The van der Waals surface area contributed by atoms with Crippen LogP contribution in [0, 0.1) is 0 Å². The number of fused-ring (bicyclic) bond motifs is 1. The van der Waals surface area contributed by atoms with E-state index in [1.165, 1.54) is 87.1 Å². The Bertz CT molecular complexity index is 452. The Hall–Kier alpha value is -0.340. The Morgan fingerprint density at radius 1 is 0.762 bits per heavy atom. The Balaban J connectivity index is 1.41. The third kappa shape index (κ3) is 6.52. The van der Waals surface area contributed by atoms with Gasteiger partial charge in [-0.25, -0.2) is 0 Å².